The number of nitrogens with one attached hydrogen (secondary N) is 1. The minimum atomic E-state index is -0.368. The number of likely N-dealkylation sites (N-methyl/N-ethyl adjacent to an activating group) is 1. The monoisotopic (exact) mass is 399 g/mol. The molecule has 29 heavy (non-hydrogen) atoms. The summed E-state index contributed by atoms with van der Waals surface area (Å²) in [7, 11) is 6.38. The van der Waals surface area contributed by atoms with Crippen LogP contribution in [0.4, 0.5) is 0 Å². The fraction of sp³-hybridized carbons (Fsp3) is 0.286. The van der Waals surface area contributed by atoms with Gasteiger partial charge in [0, 0.05) is 19.7 Å². The van der Waals surface area contributed by atoms with Crippen LogP contribution in [0.25, 0.3) is 0 Å². The molecule has 8 nitrogen and oxygen atoms in total. The van der Waals surface area contributed by atoms with Crippen LogP contribution in [0.1, 0.15) is 22.8 Å². The number of carbonyl (C=O) groups excluding carboxylic acids is 2. The van der Waals surface area contributed by atoms with E-state index in [-0.39, 0.29) is 18.4 Å². The highest BCUT2D eigenvalue weighted by Gasteiger charge is 2.11. The molecule has 154 valence electrons. The van der Waals surface area contributed by atoms with Gasteiger partial charge in [0.2, 0.25) is 0 Å². The van der Waals surface area contributed by atoms with Crippen molar-refractivity contribution in [2.45, 2.75) is 6.92 Å². The van der Waals surface area contributed by atoms with Gasteiger partial charge in [-0.15, -0.1) is 0 Å². The Morgan fingerprint density at radius 1 is 0.966 bits per heavy atom. The minimum Gasteiger partial charge on any atom is -0.493 e. The predicted octanol–water partition coefficient (Wildman–Crippen LogP) is 2.32. The van der Waals surface area contributed by atoms with Gasteiger partial charge in [0.15, 0.2) is 18.1 Å². The molecule has 2 aromatic carbocycles. The highest BCUT2D eigenvalue weighted by Crippen LogP contribution is 2.27. The molecule has 0 heterocycles. The molecule has 0 spiro atoms. The SMILES string of the molecule is COc1ccc(C(=O)N/N=C(\C)c2ccc(OCC(=O)N(C)C)cc2)cc1OC. The molecule has 0 saturated carbocycles. The second kappa shape index (κ2) is 10.1. The summed E-state index contributed by atoms with van der Waals surface area (Å²) in [5.41, 5.74) is 4.35. The molecular formula is C21H25N3O5. The fourth-order valence-corrected chi connectivity index (χ4v) is 2.31. The van der Waals surface area contributed by atoms with Gasteiger partial charge in [-0.05, 0) is 55.0 Å². The maximum absolute atomic E-state index is 12.3. The first-order chi connectivity index (χ1) is 13.8. The van der Waals surface area contributed by atoms with Gasteiger partial charge in [-0.3, -0.25) is 9.59 Å². The Hall–Kier alpha value is -3.55. The quantitative estimate of drug-likeness (QED) is 0.544. The first kappa shape index (κ1) is 21.7. The molecule has 0 aromatic heterocycles. The Bertz CT molecular complexity index is 892. The summed E-state index contributed by atoms with van der Waals surface area (Å²) in [6.07, 6.45) is 0. The van der Waals surface area contributed by atoms with E-state index in [2.05, 4.69) is 10.5 Å². The number of nitrogens with zero attached hydrogens (tertiary/aromatic N) is 2. The van der Waals surface area contributed by atoms with E-state index in [0.717, 1.165) is 5.56 Å². The lowest BCUT2D eigenvalue weighted by Gasteiger charge is -2.11. The predicted molar refractivity (Wildman–Crippen MR) is 110 cm³/mol. The van der Waals surface area contributed by atoms with E-state index >= 15 is 0 Å². The van der Waals surface area contributed by atoms with E-state index in [1.54, 1.807) is 63.5 Å². The van der Waals surface area contributed by atoms with Crippen LogP contribution in [0.3, 0.4) is 0 Å². The Kier molecular flexibility index (Phi) is 7.59. The van der Waals surface area contributed by atoms with Gasteiger partial charge in [-0.25, -0.2) is 5.43 Å². The van der Waals surface area contributed by atoms with Crippen LogP contribution >= 0.6 is 0 Å². The van der Waals surface area contributed by atoms with E-state index in [4.69, 9.17) is 14.2 Å². The lowest BCUT2D eigenvalue weighted by Crippen LogP contribution is -2.27. The van der Waals surface area contributed by atoms with Gasteiger partial charge in [0.05, 0.1) is 19.9 Å². The highest BCUT2D eigenvalue weighted by molar-refractivity contribution is 6.01. The maximum Gasteiger partial charge on any atom is 0.271 e. The lowest BCUT2D eigenvalue weighted by atomic mass is 10.1. The number of hydrazone groups is 1. The van der Waals surface area contributed by atoms with Crippen molar-refractivity contribution in [1.29, 1.82) is 0 Å². The molecule has 1 N–H and O–H groups in total. The molecule has 0 fully saturated rings. The Morgan fingerprint density at radius 3 is 2.17 bits per heavy atom. The molecule has 0 atom stereocenters. The summed E-state index contributed by atoms with van der Waals surface area (Å²) in [6.45, 7) is 1.75. The van der Waals surface area contributed by atoms with Gasteiger partial charge in [0.25, 0.3) is 11.8 Å². The first-order valence-electron chi connectivity index (χ1n) is 8.85. The van der Waals surface area contributed by atoms with Crippen LogP contribution in [-0.2, 0) is 4.79 Å². The zero-order valence-electron chi connectivity index (χ0n) is 17.2. The molecular weight excluding hydrogens is 374 g/mol. The van der Waals surface area contributed by atoms with Gasteiger partial charge in [-0.1, -0.05) is 0 Å². The van der Waals surface area contributed by atoms with Crippen molar-refractivity contribution < 1.29 is 23.8 Å². The molecule has 0 radical (unpaired) electrons. The number of hydrogen-bond donors (Lipinski definition) is 1. The topological polar surface area (TPSA) is 89.5 Å². The zero-order valence-corrected chi connectivity index (χ0v) is 17.2. The third-order valence-electron chi connectivity index (χ3n) is 4.10. The number of benzene rings is 2. The number of hydrogen-bond acceptors (Lipinski definition) is 6. The molecule has 0 aliphatic carbocycles. The Balaban J connectivity index is 2.00. The van der Waals surface area contributed by atoms with Crippen molar-refractivity contribution in [3.63, 3.8) is 0 Å². The largest absolute Gasteiger partial charge is 0.493 e. The van der Waals surface area contributed by atoms with E-state index in [1.165, 1.54) is 19.1 Å². The van der Waals surface area contributed by atoms with Crippen LogP contribution in [-0.4, -0.2) is 57.3 Å². The Labute approximate surface area is 170 Å². The van der Waals surface area contributed by atoms with Crippen LogP contribution < -0.4 is 19.6 Å². The molecule has 0 bridgehead atoms. The van der Waals surface area contributed by atoms with Gasteiger partial charge >= 0.3 is 0 Å². The number of rotatable bonds is 8. The third-order valence-corrected chi connectivity index (χ3v) is 4.10. The molecule has 8 heteroatoms. The Morgan fingerprint density at radius 2 is 1.59 bits per heavy atom. The summed E-state index contributed by atoms with van der Waals surface area (Å²) < 4.78 is 15.8. The number of methoxy groups -OCH3 is 2. The molecule has 0 aliphatic heterocycles. The number of carbonyl (C=O) groups is 2. The van der Waals surface area contributed by atoms with Crippen molar-refractivity contribution in [2.75, 3.05) is 34.9 Å². The summed E-state index contributed by atoms with van der Waals surface area (Å²) >= 11 is 0. The summed E-state index contributed by atoms with van der Waals surface area (Å²) in [4.78, 5) is 25.4. The number of ether oxygens (including phenoxy) is 3. The molecule has 0 saturated heterocycles. The first-order valence-corrected chi connectivity index (χ1v) is 8.85. The average Bonchev–Trinajstić information content (AvgIpc) is 2.75. The van der Waals surface area contributed by atoms with E-state index in [1.807, 2.05) is 0 Å². The fourth-order valence-electron chi connectivity index (χ4n) is 2.31. The third kappa shape index (κ3) is 5.97. The van der Waals surface area contributed by atoms with Crippen molar-refractivity contribution in [3.8, 4) is 17.2 Å². The van der Waals surface area contributed by atoms with E-state index in [0.29, 0.717) is 28.5 Å². The molecule has 0 unspecified atom stereocenters. The normalized spacial score (nSPS) is 10.9. The summed E-state index contributed by atoms with van der Waals surface area (Å²) in [5.74, 6) is 1.09. The van der Waals surface area contributed by atoms with Crippen LogP contribution in [0.5, 0.6) is 17.2 Å². The second-order valence-electron chi connectivity index (χ2n) is 6.31. The van der Waals surface area contributed by atoms with Gasteiger partial charge < -0.3 is 19.1 Å². The van der Waals surface area contributed by atoms with Crippen LogP contribution in [0, 0.1) is 0 Å². The zero-order chi connectivity index (χ0) is 21.4. The van der Waals surface area contributed by atoms with Crippen LogP contribution in [0.2, 0.25) is 0 Å². The van der Waals surface area contributed by atoms with Gasteiger partial charge in [0.1, 0.15) is 5.75 Å². The highest BCUT2D eigenvalue weighted by atomic mass is 16.5. The average molecular weight is 399 g/mol. The minimum absolute atomic E-state index is 0.0270. The standard InChI is InChI=1S/C21H25N3O5/c1-14(15-6-9-17(10-7-15)29-13-20(25)24(2)3)22-23-21(26)16-8-11-18(27-4)19(12-16)28-5/h6-12H,13H2,1-5H3,(H,23,26)/b22-14+. The van der Waals surface area contributed by atoms with Crippen molar-refractivity contribution in [2.24, 2.45) is 5.10 Å². The van der Waals surface area contributed by atoms with Crippen LogP contribution in [0.15, 0.2) is 47.6 Å². The van der Waals surface area contributed by atoms with Crippen molar-refractivity contribution >= 4 is 17.5 Å². The lowest BCUT2D eigenvalue weighted by molar-refractivity contribution is -0.130. The van der Waals surface area contributed by atoms with E-state index in [9.17, 15) is 9.59 Å². The molecule has 2 aromatic rings. The molecule has 0 aliphatic rings. The second-order valence-corrected chi connectivity index (χ2v) is 6.31. The maximum atomic E-state index is 12.3. The summed E-state index contributed by atoms with van der Waals surface area (Å²) in [6, 6.07) is 12.0. The van der Waals surface area contributed by atoms with Gasteiger partial charge in [-0.2, -0.15) is 5.10 Å². The molecule has 2 amide bonds. The smallest absolute Gasteiger partial charge is 0.271 e. The van der Waals surface area contributed by atoms with E-state index < -0.39 is 0 Å². The molecule has 2 rings (SSSR count). The van der Waals surface area contributed by atoms with Crippen molar-refractivity contribution in [1.82, 2.24) is 10.3 Å². The number of amides is 2. The van der Waals surface area contributed by atoms with Crippen molar-refractivity contribution in [3.05, 3.63) is 53.6 Å². The summed E-state index contributed by atoms with van der Waals surface area (Å²) in [5, 5.41) is 4.14.